The van der Waals surface area contributed by atoms with Crippen LogP contribution < -0.4 is 10.5 Å². The standard InChI is InChI=1S/C12H18N4OS/c1-8-7-10(11(13)18)15-12(14-8)17-6-5-16(2)9-3-4-9/h7,9H,3-6H2,1-2H3,(H2,13,18). The van der Waals surface area contributed by atoms with Gasteiger partial charge in [0.15, 0.2) is 0 Å². The summed E-state index contributed by atoms with van der Waals surface area (Å²) in [4.78, 5) is 10.9. The van der Waals surface area contributed by atoms with Gasteiger partial charge in [0.25, 0.3) is 0 Å². The highest BCUT2D eigenvalue weighted by atomic mass is 32.1. The molecule has 1 aromatic heterocycles. The van der Waals surface area contributed by atoms with Crippen molar-refractivity contribution in [2.75, 3.05) is 20.2 Å². The summed E-state index contributed by atoms with van der Waals surface area (Å²) in [6.45, 7) is 3.32. The Morgan fingerprint density at radius 2 is 2.28 bits per heavy atom. The van der Waals surface area contributed by atoms with Crippen molar-refractivity contribution in [1.82, 2.24) is 14.9 Å². The predicted octanol–water partition coefficient (Wildman–Crippen LogP) is 0.892. The van der Waals surface area contributed by atoms with Crippen LogP contribution in [0.15, 0.2) is 6.07 Å². The van der Waals surface area contributed by atoms with Crippen LogP contribution in [0.1, 0.15) is 24.2 Å². The van der Waals surface area contributed by atoms with Gasteiger partial charge in [-0.25, -0.2) is 4.98 Å². The highest BCUT2D eigenvalue weighted by Crippen LogP contribution is 2.24. The molecule has 0 spiro atoms. The molecule has 0 aromatic carbocycles. The van der Waals surface area contributed by atoms with Crippen LogP contribution in [0.2, 0.25) is 0 Å². The molecule has 6 heteroatoms. The van der Waals surface area contributed by atoms with E-state index in [9.17, 15) is 0 Å². The molecule has 1 heterocycles. The average Bonchev–Trinajstić information content (AvgIpc) is 3.11. The molecule has 0 aliphatic heterocycles. The SMILES string of the molecule is Cc1cc(C(N)=S)nc(OCCN(C)C2CC2)n1. The molecule has 2 N–H and O–H groups in total. The molecule has 0 atom stereocenters. The lowest BCUT2D eigenvalue weighted by atomic mass is 10.3. The van der Waals surface area contributed by atoms with E-state index >= 15 is 0 Å². The summed E-state index contributed by atoms with van der Waals surface area (Å²) in [5, 5.41) is 0. The second kappa shape index (κ2) is 5.58. The molecule has 18 heavy (non-hydrogen) atoms. The largest absolute Gasteiger partial charge is 0.462 e. The highest BCUT2D eigenvalue weighted by Gasteiger charge is 2.25. The van der Waals surface area contributed by atoms with Gasteiger partial charge in [0.1, 0.15) is 17.3 Å². The van der Waals surface area contributed by atoms with Crippen molar-refractivity contribution in [2.45, 2.75) is 25.8 Å². The van der Waals surface area contributed by atoms with Crippen LogP contribution in [0.3, 0.4) is 0 Å². The van der Waals surface area contributed by atoms with Gasteiger partial charge < -0.3 is 15.4 Å². The van der Waals surface area contributed by atoms with Gasteiger partial charge in [-0.1, -0.05) is 12.2 Å². The summed E-state index contributed by atoms with van der Waals surface area (Å²) in [6, 6.07) is 2.84. The topological polar surface area (TPSA) is 64.3 Å². The third-order valence-corrected chi connectivity index (χ3v) is 3.14. The van der Waals surface area contributed by atoms with Crippen molar-refractivity contribution in [3.63, 3.8) is 0 Å². The fraction of sp³-hybridized carbons (Fsp3) is 0.583. The van der Waals surface area contributed by atoms with Gasteiger partial charge in [0.2, 0.25) is 0 Å². The molecule has 0 saturated heterocycles. The van der Waals surface area contributed by atoms with Crippen LogP contribution >= 0.6 is 12.2 Å². The molecule has 1 fully saturated rings. The fourth-order valence-corrected chi connectivity index (χ4v) is 1.82. The van der Waals surface area contributed by atoms with Gasteiger partial charge in [-0.05, 0) is 32.9 Å². The zero-order valence-corrected chi connectivity index (χ0v) is 11.5. The van der Waals surface area contributed by atoms with Crippen LogP contribution in [0.4, 0.5) is 0 Å². The number of aromatic nitrogens is 2. The van der Waals surface area contributed by atoms with E-state index in [2.05, 4.69) is 21.9 Å². The normalized spacial score (nSPS) is 14.8. The second-order valence-corrected chi connectivity index (χ2v) is 5.04. The highest BCUT2D eigenvalue weighted by molar-refractivity contribution is 7.80. The van der Waals surface area contributed by atoms with E-state index in [-0.39, 0.29) is 4.99 Å². The number of hydrogen-bond donors (Lipinski definition) is 1. The Kier molecular flexibility index (Phi) is 4.08. The number of rotatable bonds is 6. The van der Waals surface area contributed by atoms with E-state index in [0.29, 0.717) is 18.3 Å². The van der Waals surface area contributed by atoms with Crippen molar-refractivity contribution in [3.05, 3.63) is 17.5 Å². The molecule has 5 nitrogen and oxygen atoms in total. The second-order valence-electron chi connectivity index (χ2n) is 4.60. The maximum Gasteiger partial charge on any atom is 0.317 e. The number of thiocarbonyl (C=S) groups is 1. The van der Waals surface area contributed by atoms with E-state index in [4.69, 9.17) is 22.7 Å². The van der Waals surface area contributed by atoms with Gasteiger partial charge in [0.05, 0.1) is 0 Å². The number of likely N-dealkylation sites (N-methyl/N-ethyl adjacent to an activating group) is 1. The Morgan fingerprint density at radius 3 is 2.89 bits per heavy atom. The first-order valence-corrected chi connectivity index (χ1v) is 6.45. The monoisotopic (exact) mass is 266 g/mol. The minimum Gasteiger partial charge on any atom is -0.462 e. The summed E-state index contributed by atoms with van der Waals surface area (Å²) in [7, 11) is 2.11. The van der Waals surface area contributed by atoms with E-state index in [1.165, 1.54) is 12.8 Å². The molecular weight excluding hydrogens is 248 g/mol. The Bertz CT molecular complexity index is 448. The predicted molar refractivity (Wildman–Crippen MR) is 73.8 cm³/mol. The first-order valence-electron chi connectivity index (χ1n) is 6.05. The molecule has 1 aliphatic carbocycles. The summed E-state index contributed by atoms with van der Waals surface area (Å²) < 4.78 is 5.55. The summed E-state index contributed by atoms with van der Waals surface area (Å²) in [6.07, 6.45) is 2.59. The Labute approximate surface area is 112 Å². The molecule has 2 rings (SSSR count). The summed E-state index contributed by atoms with van der Waals surface area (Å²) in [5.74, 6) is 0. The molecular formula is C12H18N4OS. The van der Waals surface area contributed by atoms with Crippen molar-refractivity contribution < 1.29 is 4.74 Å². The molecule has 1 aromatic rings. The number of nitrogens with two attached hydrogens (primary N) is 1. The van der Waals surface area contributed by atoms with Gasteiger partial charge >= 0.3 is 6.01 Å². The van der Waals surface area contributed by atoms with Crippen LogP contribution in [-0.2, 0) is 0 Å². The molecule has 98 valence electrons. The zero-order valence-electron chi connectivity index (χ0n) is 10.7. The van der Waals surface area contributed by atoms with Gasteiger partial charge in [-0.2, -0.15) is 4.98 Å². The van der Waals surface area contributed by atoms with Gasteiger partial charge in [0, 0.05) is 18.3 Å². The minimum absolute atomic E-state index is 0.264. The third kappa shape index (κ3) is 3.61. The quantitative estimate of drug-likeness (QED) is 0.772. The fourth-order valence-electron chi connectivity index (χ4n) is 1.71. The lowest BCUT2D eigenvalue weighted by molar-refractivity contribution is 0.220. The Morgan fingerprint density at radius 1 is 1.56 bits per heavy atom. The van der Waals surface area contributed by atoms with Crippen LogP contribution in [-0.4, -0.2) is 46.1 Å². The molecule has 0 unspecified atom stereocenters. The van der Waals surface area contributed by atoms with Crippen LogP contribution in [0.5, 0.6) is 6.01 Å². The lowest BCUT2D eigenvalue weighted by Gasteiger charge is -2.15. The van der Waals surface area contributed by atoms with Gasteiger partial charge in [-0.15, -0.1) is 0 Å². The minimum atomic E-state index is 0.264. The average molecular weight is 266 g/mol. The van der Waals surface area contributed by atoms with E-state index in [0.717, 1.165) is 18.3 Å². The number of nitrogens with zero attached hydrogens (tertiary/aromatic N) is 3. The van der Waals surface area contributed by atoms with E-state index in [1.54, 1.807) is 6.07 Å². The first-order chi connectivity index (χ1) is 8.56. The van der Waals surface area contributed by atoms with Crippen molar-refractivity contribution in [2.24, 2.45) is 5.73 Å². The van der Waals surface area contributed by atoms with Crippen LogP contribution in [0, 0.1) is 6.92 Å². The number of hydrogen-bond acceptors (Lipinski definition) is 5. The maximum absolute atomic E-state index is 5.55. The Hall–Kier alpha value is -1.27. The molecule has 1 saturated carbocycles. The zero-order chi connectivity index (χ0) is 13.1. The van der Waals surface area contributed by atoms with Gasteiger partial charge in [-0.3, -0.25) is 0 Å². The van der Waals surface area contributed by atoms with Crippen molar-refractivity contribution >= 4 is 17.2 Å². The lowest BCUT2D eigenvalue weighted by Crippen LogP contribution is -2.26. The van der Waals surface area contributed by atoms with Crippen molar-refractivity contribution in [3.8, 4) is 6.01 Å². The maximum atomic E-state index is 5.55. The first kappa shape index (κ1) is 13.2. The summed E-state index contributed by atoms with van der Waals surface area (Å²) in [5.41, 5.74) is 6.92. The molecule has 0 bridgehead atoms. The van der Waals surface area contributed by atoms with E-state index < -0.39 is 0 Å². The summed E-state index contributed by atoms with van der Waals surface area (Å²) >= 11 is 4.90. The van der Waals surface area contributed by atoms with Crippen molar-refractivity contribution in [1.29, 1.82) is 0 Å². The molecule has 0 amide bonds. The molecule has 1 aliphatic rings. The molecule has 0 radical (unpaired) electrons. The number of aryl methyl sites for hydroxylation is 1. The third-order valence-electron chi connectivity index (χ3n) is 2.93. The smallest absolute Gasteiger partial charge is 0.317 e. The van der Waals surface area contributed by atoms with E-state index in [1.807, 2.05) is 6.92 Å². The van der Waals surface area contributed by atoms with Crippen LogP contribution in [0.25, 0.3) is 0 Å². The number of ether oxygens (including phenoxy) is 1. The Balaban J connectivity index is 1.89.